The zero-order chi connectivity index (χ0) is 19.2. The number of nitrogens with zero attached hydrogens (tertiary/aromatic N) is 3. The van der Waals surface area contributed by atoms with Crippen LogP contribution in [-0.4, -0.2) is 28.6 Å². The Morgan fingerprint density at radius 2 is 1.65 bits per heavy atom. The van der Waals surface area contributed by atoms with E-state index in [-0.39, 0.29) is 23.4 Å². The molecule has 8 nitrogen and oxygen atoms in total. The molecule has 0 saturated carbocycles. The Morgan fingerprint density at radius 3 is 2.27 bits per heavy atom. The maximum absolute atomic E-state index is 12.1. The largest absolute Gasteiger partial charge is 0.507 e. The molecule has 0 aromatic heterocycles. The van der Waals surface area contributed by atoms with Crippen LogP contribution in [0.5, 0.6) is 5.75 Å². The van der Waals surface area contributed by atoms with E-state index in [1.807, 2.05) is 0 Å². The van der Waals surface area contributed by atoms with Gasteiger partial charge in [0.2, 0.25) is 0 Å². The summed E-state index contributed by atoms with van der Waals surface area (Å²) in [5.74, 6) is -1.27. The fourth-order valence-corrected chi connectivity index (χ4v) is 2.58. The molecule has 0 bridgehead atoms. The smallest absolute Gasteiger partial charge is 0.303 e. The maximum Gasteiger partial charge on any atom is 0.303 e. The van der Waals surface area contributed by atoms with Gasteiger partial charge in [-0.2, -0.15) is 0 Å². The molecule has 1 aromatic rings. The molecule has 0 spiro atoms. The molecule has 1 amide bonds. The number of phenolic OH excluding ortho intramolecular Hbond substituents is 1. The van der Waals surface area contributed by atoms with Gasteiger partial charge in [-0.25, -0.2) is 0 Å². The number of aromatic hydroxyl groups is 1. The van der Waals surface area contributed by atoms with Crippen molar-refractivity contribution in [3.63, 3.8) is 0 Å². The minimum absolute atomic E-state index is 0.0938. The standard InChI is InChI=1S/C18H26N4O4/c19-22-21-14-10-11-16(23)15(13-14)18(26)20-12-8-6-4-2-1-3-5-7-9-17(24)25/h10-11,13,23H,1-9,12H2,(H,20,26)(H,24,25). The van der Waals surface area contributed by atoms with Crippen LogP contribution < -0.4 is 5.32 Å². The summed E-state index contributed by atoms with van der Waals surface area (Å²) in [4.78, 5) is 25.1. The number of carboxylic acid groups (broad SMARTS) is 1. The Hall–Kier alpha value is -2.73. The number of rotatable bonds is 13. The van der Waals surface area contributed by atoms with E-state index in [9.17, 15) is 14.7 Å². The Balaban J connectivity index is 2.13. The van der Waals surface area contributed by atoms with Gasteiger partial charge in [-0.1, -0.05) is 43.6 Å². The van der Waals surface area contributed by atoms with Crippen LogP contribution in [0.3, 0.4) is 0 Å². The van der Waals surface area contributed by atoms with Crippen LogP contribution in [-0.2, 0) is 4.79 Å². The Labute approximate surface area is 152 Å². The lowest BCUT2D eigenvalue weighted by atomic mass is 10.1. The van der Waals surface area contributed by atoms with Crippen molar-refractivity contribution in [3.8, 4) is 5.75 Å². The third-order valence-corrected chi connectivity index (χ3v) is 3.99. The fraction of sp³-hybridized carbons (Fsp3) is 0.556. The average molecular weight is 362 g/mol. The molecule has 0 fully saturated rings. The number of aliphatic carboxylic acids is 1. The van der Waals surface area contributed by atoms with Crippen molar-refractivity contribution in [1.82, 2.24) is 5.32 Å². The van der Waals surface area contributed by atoms with Crippen molar-refractivity contribution in [3.05, 3.63) is 34.2 Å². The fourth-order valence-electron chi connectivity index (χ4n) is 2.58. The van der Waals surface area contributed by atoms with Gasteiger partial charge in [0.15, 0.2) is 0 Å². The van der Waals surface area contributed by atoms with E-state index >= 15 is 0 Å². The first-order valence-electron chi connectivity index (χ1n) is 8.92. The van der Waals surface area contributed by atoms with Crippen molar-refractivity contribution in [2.24, 2.45) is 5.11 Å². The number of benzene rings is 1. The molecule has 0 aliphatic rings. The normalized spacial score (nSPS) is 10.2. The van der Waals surface area contributed by atoms with Gasteiger partial charge >= 0.3 is 5.97 Å². The summed E-state index contributed by atoms with van der Waals surface area (Å²) >= 11 is 0. The molecule has 3 N–H and O–H groups in total. The predicted molar refractivity (Wildman–Crippen MR) is 98.4 cm³/mol. The maximum atomic E-state index is 12.1. The molecule has 1 rings (SSSR count). The van der Waals surface area contributed by atoms with Crippen LogP contribution in [0.2, 0.25) is 0 Å². The Morgan fingerprint density at radius 1 is 1.04 bits per heavy atom. The zero-order valence-corrected chi connectivity index (χ0v) is 14.9. The highest BCUT2D eigenvalue weighted by Gasteiger charge is 2.11. The van der Waals surface area contributed by atoms with E-state index in [1.54, 1.807) is 0 Å². The number of azide groups is 1. The lowest BCUT2D eigenvalue weighted by Crippen LogP contribution is -2.24. The van der Waals surface area contributed by atoms with Gasteiger partial charge in [-0.15, -0.1) is 0 Å². The van der Waals surface area contributed by atoms with Crippen molar-refractivity contribution in [2.45, 2.75) is 57.8 Å². The van der Waals surface area contributed by atoms with Crippen molar-refractivity contribution in [2.75, 3.05) is 6.54 Å². The molecule has 142 valence electrons. The monoisotopic (exact) mass is 362 g/mol. The number of carboxylic acids is 1. The molecule has 8 heteroatoms. The van der Waals surface area contributed by atoms with Crippen LogP contribution in [0.15, 0.2) is 23.3 Å². The number of amides is 1. The third-order valence-electron chi connectivity index (χ3n) is 3.99. The quantitative estimate of drug-likeness (QED) is 0.203. The second kappa shape index (κ2) is 12.6. The second-order valence-electron chi connectivity index (χ2n) is 6.12. The Bertz CT molecular complexity index is 642. The number of hydrogen-bond acceptors (Lipinski definition) is 4. The van der Waals surface area contributed by atoms with Crippen molar-refractivity contribution >= 4 is 17.6 Å². The Kier molecular flexibility index (Phi) is 10.3. The van der Waals surface area contributed by atoms with Gasteiger partial charge in [-0.3, -0.25) is 9.59 Å². The topological polar surface area (TPSA) is 135 Å². The predicted octanol–water partition coefficient (Wildman–Crippen LogP) is 4.66. The molecule has 0 saturated heterocycles. The van der Waals surface area contributed by atoms with Crippen LogP contribution in [0.1, 0.15) is 68.1 Å². The summed E-state index contributed by atoms with van der Waals surface area (Å²) in [7, 11) is 0. The summed E-state index contributed by atoms with van der Waals surface area (Å²) < 4.78 is 0. The second-order valence-corrected chi connectivity index (χ2v) is 6.12. The number of carbonyl (C=O) groups excluding carboxylic acids is 1. The molecule has 0 radical (unpaired) electrons. The average Bonchev–Trinajstić information content (AvgIpc) is 2.61. The van der Waals surface area contributed by atoms with Gasteiger partial charge in [0, 0.05) is 23.6 Å². The summed E-state index contributed by atoms with van der Waals surface area (Å²) in [5.41, 5.74) is 8.79. The summed E-state index contributed by atoms with van der Waals surface area (Å²) in [6, 6.07) is 4.12. The van der Waals surface area contributed by atoms with E-state index in [4.69, 9.17) is 10.6 Å². The highest BCUT2D eigenvalue weighted by molar-refractivity contribution is 5.97. The minimum atomic E-state index is -0.732. The number of carbonyl (C=O) groups is 2. The van der Waals surface area contributed by atoms with E-state index in [1.165, 1.54) is 18.2 Å². The molecular formula is C18H26N4O4. The van der Waals surface area contributed by atoms with Crippen LogP contribution in [0, 0.1) is 0 Å². The van der Waals surface area contributed by atoms with Gasteiger partial charge in [0.1, 0.15) is 5.75 Å². The molecule has 0 unspecified atom stereocenters. The summed E-state index contributed by atoms with van der Waals surface area (Å²) in [6.07, 6.45) is 8.15. The number of hydrogen-bond donors (Lipinski definition) is 3. The molecule has 0 heterocycles. The van der Waals surface area contributed by atoms with Crippen molar-refractivity contribution in [1.29, 1.82) is 0 Å². The number of nitrogens with one attached hydrogen (secondary N) is 1. The van der Waals surface area contributed by atoms with Crippen LogP contribution >= 0.6 is 0 Å². The highest BCUT2D eigenvalue weighted by atomic mass is 16.4. The zero-order valence-electron chi connectivity index (χ0n) is 14.9. The summed E-state index contributed by atoms with van der Waals surface area (Å²) in [5, 5.41) is 24.4. The van der Waals surface area contributed by atoms with Crippen LogP contribution in [0.4, 0.5) is 5.69 Å². The van der Waals surface area contributed by atoms with Gasteiger partial charge in [0.05, 0.1) is 5.56 Å². The summed E-state index contributed by atoms with van der Waals surface area (Å²) in [6.45, 7) is 0.516. The lowest BCUT2D eigenvalue weighted by molar-refractivity contribution is -0.137. The first-order chi connectivity index (χ1) is 12.5. The molecule has 1 aromatic carbocycles. The van der Waals surface area contributed by atoms with E-state index in [2.05, 4.69) is 15.3 Å². The third kappa shape index (κ3) is 8.94. The minimum Gasteiger partial charge on any atom is -0.507 e. The highest BCUT2D eigenvalue weighted by Crippen LogP contribution is 2.23. The molecule has 0 aliphatic heterocycles. The van der Waals surface area contributed by atoms with Crippen LogP contribution in [0.25, 0.3) is 10.4 Å². The first-order valence-corrected chi connectivity index (χ1v) is 8.92. The molecule has 26 heavy (non-hydrogen) atoms. The lowest BCUT2D eigenvalue weighted by Gasteiger charge is -2.07. The first kappa shape index (κ1) is 21.3. The van der Waals surface area contributed by atoms with Crippen molar-refractivity contribution < 1.29 is 19.8 Å². The SMILES string of the molecule is [N-]=[N+]=Nc1ccc(O)c(C(=O)NCCCCCCCCCCC(=O)O)c1. The van der Waals surface area contributed by atoms with Gasteiger partial charge < -0.3 is 15.5 Å². The van der Waals surface area contributed by atoms with E-state index < -0.39 is 11.9 Å². The van der Waals surface area contributed by atoms with Gasteiger partial charge in [-0.05, 0) is 36.6 Å². The number of phenols is 1. The van der Waals surface area contributed by atoms with E-state index in [0.717, 1.165) is 51.4 Å². The molecule has 0 atom stereocenters. The number of unbranched alkanes of at least 4 members (excludes halogenated alkanes) is 7. The van der Waals surface area contributed by atoms with Gasteiger partial charge in [0.25, 0.3) is 5.91 Å². The molecular weight excluding hydrogens is 336 g/mol. The molecule has 0 aliphatic carbocycles. The van der Waals surface area contributed by atoms with E-state index in [0.29, 0.717) is 6.54 Å².